The second-order valence-electron chi connectivity index (χ2n) is 32.0. The Balaban J connectivity index is 5.25. The van der Waals surface area contributed by atoms with E-state index in [4.69, 9.17) is 37.0 Å². The summed E-state index contributed by atoms with van der Waals surface area (Å²) in [5.74, 6) is -0.501. The number of hydrogen-bond acceptors (Lipinski definition) is 15. The lowest BCUT2D eigenvalue weighted by atomic mass is 9.99. The van der Waals surface area contributed by atoms with Gasteiger partial charge in [0.05, 0.1) is 26.4 Å². The Morgan fingerprint density at radius 2 is 0.481 bits per heavy atom. The first-order valence-corrected chi connectivity index (χ1v) is 48.0. The Hall–Kier alpha value is -1.94. The van der Waals surface area contributed by atoms with Crippen LogP contribution in [0.25, 0.3) is 0 Å². The summed E-state index contributed by atoms with van der Waals surface area (Å²) in [6.45, 7) is 9.72. The standard InChI is InChI=1S/C87H170O17P2/c1-7-10-12-14-16-18-20-22-24-28-33-36-40-44-51-57-63-69-84(89)97-75-82(103-86(91)72-66-60-54-46-42-38-34-30-27-26-29-31-35-39-43-49-55-61-67-79(4)5)77-101-105(93,94)99-73-81(88)74-100-106(95,96)102-78-83(76-98-85(90)70-64-58-52-48-47-50-56-62-68-80(6)9-3)104-87(92)71-65-59-53-45-41-37-32-25-23-21-19-17-15-13-11-8-2/h79-83,88H,7-78H2,1-6H3,(H,93,94)(H,95,96)/t80?,81-,82-,83-/m1/s1. The lowest BCUT2D eigenvalue weighted by molar-refractivity contribution is -0.161. The van der Waals surface area contributed by atoms with Crippen LogP contribution in [-0.2, 0) is 65.4 Å². The smallest absolute Gasteiger partial charge is 0.462 e. The molecule has 0 amide bonds. The van der Waals surface area contributed by atoms with Gasteiger partial charge in [0, 0.05) is 25.7 Å². The zero-order valence-corrected chi connectivity index (χ0v) is 71.5. The van der Waals surface area contributed by atoms with Crippen molar-refractivity contribution in [1.29, 1.82) is 0 Å². The molecule has 0 aromatic carbocycles. The second-order valence-corrected chi connectivity index (χ2v) is 34.9. The number of esters is 4. The van der Waals surface area contributed by atoms with Gasteiger partial charge in [-0.1, -0.05) is 414 Å². The maximum Gasteiger partial charge on any atom is 0.472 e. The first-order valence-electron chi connectivity index (χ1n) is 45.0. The van der Waals surface area contributed by atoms with Crippen molar-refractivity contribution in [3.63, 3.8) is 0 Å². The molecule has 19 heteroatoms. The molecule has 630 valence electrons. The summed E-state index contributed by atoms with van der Waals surface area (Å²) < 4.78 is 69.0. The average molecular weight is 1550 g/mol. The Labute approximate surface area is 651 Å². The van der Waals surface area contributed by atoms with E-state index in [0.717, 1.165) is 102 Å². The topological polar surface area (TPSA) is 237 Å². The van der Waals surface area contributed by atoms with Crippen LogP contribution in [0.5, 0.6) is 0 Å². The van der Waals surface area contributed by atoms with Crippen LogP contribution >= 0.6 is 15.6 Å². The molecule has 0 aliphatic carbocycles. The lowest BCUT2D eigenvalue weighted by Gasteiger charge is -2.21. The van der Waals surface area contributed by atoms with E-state index < -0.39 is 97.5 Å². The molecule has 0 rings (SSSR count). The van der Waals surface area contributed by atoms with Crippen molar-refractivity contribution in [2.75, 3.05) is 39.6 Å². The van der Waals surface area contributed by atoms with Gasteiger partial charge >= 0.3 is 39.5 Å². The summed E-state index contributed by atoms with van der Waals surface area (Å²) in [4.78, 5) is 73.3. The number of hydrogen-bond donors (Lipinski definition) is 3. The second kappa shape index (κ2) is 78.3. The Kier molecular flexibility index (Phi) is 76.9. The largest absolute Gasteiger partial charge is 0.472 e. The third-order valence-electron chi connectivity index (χ3n) is 20.8. The lowest BCUT2D eigenvalue weighted by Crippen LogP contribution is -2.30. The first-order chi connectivity index (χ1) is 51.4. The molecule has 0 aromatic heterocycles. The zero-order valence-electron chi connectivity index (χ0n) is 69.7. The van der Waals surface area contributed by atoms with Crippen LogP contribution in [0.15, 0.2) is 0 Å². The van der Waals surface area contributed by atoms with E-state index in [1.165, 1.54) is 283 Å². The minimum Gasteiger partial charge on any atom is -0.462 e. The normalized spacial score (nSPS) is 14.1. The molecule has 0 aromatic rings. The molecule has 0 fully saturated rings. The van der Waals surface area contributed by atoms with Gasteiger partial charge in [0.25, 0.3) is 0 Å². The number of phosphoric acid groups is 2. The maximum atomic E-state index is 13.2. The molecule has 17 nitrogen and oxygen atoms in total. The van der Waals surface area contributed by atoms with Crippen molar-refractivity contribution in [3.8, 4) is 0 Å². The fourth-order valence-electron chi connectivity index (χ4n) is 13.6. The molecule has 0 aliphatic rings. The highest BCUT2D eigenvalue weighted by molar-refractivity contribution is 7.47. The average Bonchev–Trinajstić information content (AvgIpc) is 0.907. The van der Waals surface area contributed by atoms with Crippen molar-refractivity contribution < 1.29 is 80.2 Å². The van der Waals surface area contributed by atoms with E-state index in [-0.39, 0.29) is 25.7 Å². The maximum absolute atomic E-state index is 13.2. The molecule has 0 saturated heterocycles. The van der Waals surface area contributed by atoms with Crippen molar-refractivity contribution in [2.45, 2.75) is 484 Å². The molecular weight excluding hydrogens is 1380 g/mol. The van der Waals surface area contributed by atoms with Gasteiger partial charge in [0.15, 0.2) is 12.2 Å². The number of carbonyl (C=O) groups is 4. The molecule has 0 spiro atoms. The van der Waals surface area contributed by atoms with Crippen LogP contribution in [0.3, 0.4) is 0 Å². The molecule has 0 saturated carbocycles. The molecule has 0 bridgehead atoms. The zero-order chi connectivity index (χ0) is 77.8. The van der Waals surface area contributed by atoms with Gasteiger partial charge in [-0.2, -0.15) is 0 Å². The predicted octanol–water partition coefficient (Wildman–Crippen LogP) is 26.6. The molecule has 0 radical (unpaired) electrons. The van der Waals surface area contributed by atoms with Crippen molar-refractivity contribution in [3.05, 3.63) is 0 Å². The van der Waals surface area contributed by atoms with E-state index in [1.54, 1.807) is 0 Å². The molecule has 3 unspecified atom stereocenters. The van der Waals surface area contributed by atoms with Crippen molar-refractivity contribution in [2.24, 2.45) is 11.8 Å². The van der Waals surface area contributed by atoms with E-state index >= 15 is 0 Å². The van der Waals surface area contributed by atoms with E-state index in [1.807, 2.05) is 0 Å². The summed E-state index contributed by atoms with van der Waals surface area (Å²) in [7, 11) is -9.93. The van der Waals surface area contributed by atoms with Crippen LogP contribution in [0.2, 0.25) is 0 Å². The van der Waals surface area contributed by atoms with Crippen LogP contribution in [-0.4, -0.2) is 96.7 Å². The monoisotopic (exact) mass is 1550 g/mol. The van der Waals surface area contributed by atoms with Crippen LogP contribution in [0, 0.1) is 11.8 Å². The van der Waals surface area contributed by atoms with Gasteiger partial charge in [-0.05, 0) is 37.5 Å². The van der Waals surface area contributed by atoms with Crippen molar-refractivity contribution >= 4 is 39.5 Å². The highest BCUT2D eigenvalue weighted by Gasteiger charge is 2.30. The molecular formula is C87H170O17P2. The van der Waals surface area contributed by atoms with Gasteiger partial charge in [-0.25, -0.2) is 9.13 Å². The highest BCUT2D eigenvalue weighted by atomic mass is 31.2. The SMILES string of the molecule is CCCCCCCCCCCCCCCCCCCC(=O)OC[C@H](COP(=O)(O)OC[C@@H](O)COP(=O)(O)OC[C@@H](COC(=O)CCCCCCCCCCC(C)CC)OC(=O)CCCCCCCCCCCCCCCCCC)OC(=O)CCCCCCCCCCCCCCCCCCCCC(C)C. The van der Waals surface area contributed by atoms with Crippen molar-refractivity contribution in [1.82, 2.24) is 0 Å². The minimum atomic E-state index is -4.97. The van der Waals surface area contributed by atoms with Gasteiger partial charge in [0.1, 0.15) is 19.3 Å². The quantitative estimate of drug-likeness (QED) is 0.0222. The summed E-state index contributed by atoms with van der Waals surface area (Å²) >= 11 is 0. The summed E-state index contributed by atoms with van der Waals surface area (Å²) in [5.41, 5.74) is 0. The number of rotatable bonds is 86. The first kappa shape index (κ1) is 104. The van der Waals surface area contributed by atoms with Crippen LogP contribution in [0.4, 0.5) is 0 Å². The Morgan fingerprint density at radius 1 is 0.274 bits per heavy atom. The fraction of sp³-hybridized carbons (Fsp3) is 0.954. The highest BCUT2D eigenvalue weighted by Crippen LogP contribution is 2.45. The van der Waals surface area contributed by atoms with Gasteiger partial charge in [0.2, 0.25) is 0 Å². The molecule has 3 N–H and O–H groups in total. The molecule has 106 heavy (non-hydrogen) atoms. The van der Waals surface area contributed by atoms with E-state index in [2.05, 4.69) is 41.5 Å². The van der Waals surface area contributed by atoms with E-state index in [0.29, 0.717) is 25.7 Å². The van der Waals surface area contributed by atoms with Crippen LogP contribution in [0.1, 0.15) is 465 Å². The van der Waals surface area contributed by atoms with Gasteiger partial charge < -0.3 is 33.8 Å². The molecule has 0 aliphatic heterocycles. The summed E-state index contributed by atoms with van der Waals surface area (Å²) in [6.07, 6.45) is 70.7. The third-order valence-corrected chi connectivity index (χ3v) is 22.7. The van der Waals surface area contributed by atoms with E-state index in [9.17, 15) is 43.2 Å². The fourth-order valence-corrected chi connectivity index (χ4v) is 15.1. The number of aliphatic hydroxyl groups is 1. The molecule has 0 heterocycles. The predicted molar refractivity (Wildman–Crippen MR) is 437 cm³/mol. The number of phosphoric ester groups is 2. The Bertz CT molecular complexity index is 2030. The van der Waals surface area contributed by atoms with Gasteiger partial charge in [-0.15, -0.1) is 0 Å². The summed E-state index contributed by atoms with van der Waals surface area (Å²) in [6, 6.07) is 0. The summed E-state index contributed by atoms with van der Waals surface area (Å²) in [5, 5.41) is 10.7. The van der Waals surface area contributed by atoms with Crippen LogP contribution < -0.4 is 0 Å². The minimum absolute atomic E-state index is 0.108. The van der Waals surface area contributed by atoms with Gasteiger partial charge in [-0.3, -0.25) is 37.3 Å². The number of ether oxygens (including phenoxy) is 4. The Morgan fingerprint density at radius 3 is 0.717 bits per heavy atom. The molecule has 6 atom stereocenters. The number of aliphatic hydroxyl groups excluding tert-OH is 1. The third kappa shape index (κ3) is 78.7. The number of unbranched alkanes of at least 4 members (excludes halogenated alkanes) is 55. The number of carbonyl (C=O) groups excluding carboxylic acids is 4.